The molecule has 3 aliphatic rings. The molecule has 3 aliphatic heterocycles. The van der Waals surface area contributed by atoms with Gasteiger partial charge in [0.25, 0.3) is 5.91 Å². The van der Waals surface area contributed by atoms with Crippen molar-refractivity contribution >= 4 is 5.91 Å². The zero-order valence-corrected chi connectivity index (χ0v) is 20.2. The average Bonchev–Trinajstić information content (AvgIpc) is 3.37. The Morgan fingerprint density at radius 2 is 1.86 bits per heavy atom. The average molecular weight is 494 g/mol. The molecule has 0 aromatic heterocycles. The Morgan fingerprint density at radius 1 is 1.09 bits per heavy atom. The van der Waals surface area contributed by atoms with Gasteiger partial charge in [0.2, 0.25) is 13.1 Å². The zero-order valence-electron chi connectivity index (χ0n) is 20.2. The van der Waals surface area contributed by atoms with Crippen molar-refractivity contribution in [1.29, 1.82) is 0 Å². The minimum Gasteiger partial charge on any atom is -0.459 e. The minimum absolute atomic E-state index is 0.00942. The smallest absolute Gasteiger partial charge is 0.288 e. The summed E-state index contributed by atoms with van der Waals surface area (Å²) >= 11 is 0. The Hall–Kier alpha value is -2.37. The fraction of sp³-hybridized carbons (Fsp3) is 0.640. The number of aliphatic hydroxyl groups is 1. The number of aliphatic hydroxyl groups excluding tert-OH is 1. The van der Waals surface area contributed by atoms with E-state index < -0.39 is 6.29 Å². The molecule has 10 nitrogen and oxygen atoms in total. The van der Waals surface area contributed by atoms with Gasteiger partial charge in [-0.05, 0) is 37.1 Å². The molecule has 1 N–H and O–H groups in total. The number of rotatable bonds is 12. The summed E-state index contributed by atoms with van der Waals surface area (Å²) in [6, 6.07) is 5.86. The van der Waals surface area contributed by atoms with Crippen LogP contribution in [0.3, 0.4) is 0 Å². The van der Waals surface area contributed by atoms with Gasteiger partial charge in [0.1, 0.15) is 0 Å². The molecule has 0 radical (unpaired) electrons. The number of benzene rings is 1. The van der Waals surface area contributed by atoms with Crippen molar-refractivity contribution < 1.29 is 43.1 Å². The lowest BCUT2D eigenvalue weighted by molar-refractivity contribution is -0.173. The van der Waals surface area contributed by atoms with Crippen LogP contribution in [0.5, 0.6) is 11.5 Å². The van der Waals surface area contributed by atoms with Crippen molar-refractivity contribution in [3.05, 3.63) is 35.6 Å². The molecule has 4 rings (SSSR count). The number of hydrogen-bond donors (Lipinski definition) is 1. The fourth-order valence-electron chi connectivity index (χ4n) is 4.46. The van der Waals surface area contributed by atoms with E-state index in [1.165, 1.54) is 0 Å². The maximum absolute atomic E-state index is 13.3. The maximum atomic E-state index is 13.3. The topological polar surface area (TPSA) is 105 Å². The van der Waals surface area contributed by atoms with Crippen molar-refractivity contribution in [2.45, 2.75) is 25.6 Å². The molecule has 3 atom stereocenters. The number of fused-ring (bicyclic) bond motifs is 1. The van der Waals surface area contributed by atoms with E-state index in [9.17, 15) is 4.79 Å². The van der Waals surface area contributed by atoms with E-state index in [4.69, 9.17) is 38.3 Å². The van der Waals surface area contributed by atoms with Crippen molar-refractivity contribution in [2.75, 3.05) is 72.7 Å². The van der Waals surface area contributed by atoms with Crippen LogP contribution in [0, 0.1) is 5.92 Å². The van der Waals surface area contributed by atoms with Gasteiger partial charge in [0.05, 0.1) is 39.6 Å². The fourth-order valence-corrected chi connectivity index (χ4v) is 4.46. The van der Waals surface area contributed by atoms with Crippen LogP contribution in [0.4, 0.5) is 0 Å². The van der Waals surface area contributed by atoms with Crippen molar-refractivity contribution in [3.8, 4) is 11.5 Å². The molecule has 1 fully saturated rings. The number of ether oxygens (including phenoxy) is 7. The number of carbonyl (C=O) groups is 1. The van der Waals surface area contributed by atoms with Crippen LogP contribution in [0.25, 0.3) is 0 Å². The first-order valence-electron chi connectivity index (χ1n) is 12.2. The summed E-state index contributed by atoms with van der Waals surface area (Å²) in [5.41, 5.74) is 0.991. The van der Waals surface area contributed by atoms with Gasteiger partial charge in [-0.2, -0.15) is 0 Å². The van der Waals surface area contributed by atoms with Gasteiger partial charge in [0.15, 0.2) is 17.3 Å². The largest absolute Gasteiger partial charge is 0.459 e. The molecule has 1 aromatic rings. The summed E-state index contributed by atoms with van der Waals surface area (Å²) < 4.78 is 39.6. The molecule has 1 saturated heterocycles. The number of carbonyl (C=O) groups excluding carboxylic acids is 1. The molecule has 0 bridgehead atoms. The summed E-state index contributed by atoms with van der Waals surface area (Å²) in [7, 11) is 0. The van der Waals surface area contributed by atoms with Crippen LogP contribution >= 0.6 is 0 Å². The zero-order chi connectivity index (χ0) is 24.5. The summed E-state index contributed by atoms with van der Waals surface area (Å²) in [5, 5.41) is 8.81. The maximum Gasteiger partial charge on any atom is 0.288 e. The lowest BCUT2D eigenvalue weighted by Gasteiger charge is -2.38. The normalized spacial score (nSPS) is 23.7. The number of morpholine rings is 1. The molecule has 10 heteroatoms. The third kappa shape index (κ3) is 6.65. The van der Waals surface area contributed by atoms with Crippen LogP contribution in [0.1, 0.15) is 24.8 Å². The molecule has 1 aromatic carbocycles. The van der Waals surface area contributed by atoms with Gasteiger partial charge in [-0.1, -0.05) is 6.07 Å². The first kappa shape index (κ1) is 25.7. The van der Waals surface area contributed by atoms with Crippen LogP contribution in [-0.4, -0.2) is 94.9 Å². The van der Waals surface area contributed by atoms with Gasteiger partial charge in [0, 0.05) is 38.1 Å². The SMILES string of the molecule is CCO[C@H]1OC(C(=O)N2CCOCC2)=C[C@@H](c2ccc3c(c2)OCO3)[C@H]1CCOCCOCCO. The Bertz CT molecular complexity index is 855. The van der Waals surface area contributed by atoms with Gasteiger partial charge in [-0.25, -0.2) is 0 Å². The summed E-state index contributed by atoms with van der Waals surface area (Å²) in [6.45, 7) is 6.25. The molecule has 35 heavy (non-hydrogen) atoms. The summed E-state index contributed by atoms with van der Waals surface area (Å²) in [4.78, 5) is 15.0. The van der Waals surface area contributed by atoms with E-state index in [2.05, 4.69) is 0 Å². The Balaban J connectivity index is 1.54. The molecule has 1 amide bonds. The highest BCUT2D eigenvalue weighted by molar-refractivity contribution is 5.92. The van der Waals surface area contributed by atoms with Crippen LogP contribution in [-0.2, 0) is 28.5 Å². The molecule has 0 unspecified atom stereocenters. The quantitative estimate of drug-likeness (QED) is 0.435. The first-order chi connectivity index (χ1) is 17.2. The van der Waals surface area contributed by atoms with E-state index in [1.807, 2.05) is 31.2 Å². The third-order valence-corrected chi connectivity index (χ3v) is 6.21. The number of nitrogens with zero attached hydrogens (tertiary/aromatic N) is 1. The highest BCUT2D eigenvalue weighted by atomic mass is 16.7. The monoisotopic (exact) mass is 493 g/mol. The Kier molecular flexibility index (Phi) is 9.61. The molecule has 0 saturated carbocycles. The summed E-state index contributed by atoms with van der Waals surface area (Å²) in [5.74, 6) is 1.30. The first-order valence-corrected chi connectivity index (χ1v) is 12.2. The van der Waals surface area contributed by atoms with Gasteiger partial charge >= 0.3 is 0 Å². The second-order valence-electron chi connectivity index (χ2n) is 8.42. The van der Waals surface area contributed by atoms with E-state index in [1.54, 1.807) is 4.90 Å². The second kappa shape index (κ2) is 13.1. The predicted octanol–water partition coefficient (Wildman–Crippen LogP) is 1.67. The van der Waals surface area contributed by atoms with Crippen LogP contribution in [0.2, 0.25) is 0 Å². The van der Waals surface area contributed by atoms with Gasteiger partial charge < -0.3 is 43.2 Å². The van der Waals surface area contributed by atoms with E-state index in [0.29, 0.717) is 83.0 Å². The molecule has 3 heterocycles. The number of amides is 1. The lowest BCUT2D eigenvalue weighted by atomic mass is 9.81. The molecule has 0 spiro atoms. The molecule has 194 valence electrons. The van der Waals surface area contributed by atoms with Crippen molar-refractivity contribution in [2.24, 2.45) is 5.92 Å². The summed E-state index contributed by atoms with van der Waals surface area (Å²) in [6.07, 6.45) is 1.95. The predicted molar refractivity (Wildman–Crippen MR) is 124 cm³/mol. The van der Waals surface area contributed by atoms with Crippen LogP contribution in [0.15, 0.2) is 30.0 Å². The van der Waals surface area contributed by atoms with Crippen molar-refractivity contribution in [1.82, 2.24) is 4.90 Å². The Labute approximate surface area is 205 Å². The Morgan fingerprint density at radius 3 is 2.63 bits per heavy atom. The molecular formula is C25H35NO9. The van der Waals surface area contributed by atoms with E-state index in [0.717, 1.165) is 5.56 Å². The number of allylic oxidation sites excluding steroid dienone is 1. The minimum atomic E-state index is -0.602. The number of hydrogen-bond acceptors (Lipinski definition) is 9. The molecule has 0 aliphatic carbocycles. The lowest BCUT2D eigenvalue weighted by Crippen LogP contribution is -2.44. The standard InChI is InChI=1S/C25H35NO9/c1-2-32-25-19(5-9-29-13-14-31-12-8-27)20(18-3-4-21-22(15-18)34-17-33-21)16-23(35-25)24(28)26-6-10-30-11-7-26/h3-4,15-16,19-20,25,27H,2,5-14,17H2,1H3/t19-,20+,25+/m1/s1. The van der Waals surface area contributed by atoms with E-state index in [-0.39, 0.29) is 31.1 Å². The molecular weight excluding hydrogens is 458 g/mol. The van der Waals surface area contributed by atoms with Crippen LogP contribution < -0.4 is 9.47 Å². The van der Waals surface area contributed by atoms with Gasteiger partial charge in [-0.15, -0.1) is 0 Å². The third-order valence-electron chi connectivity index (χ3n) is 6.21. The highest BCUT2D eigenvalue weighted by Gasteiger charge is 2.39. The van der Waals surface area contributed by atoms with Crippen molar-refractivity contribution in [3.63, 3.8) is 0 Å². The van der Waals surface area contributed by atoms with E-state index >= 15 is 0 Å². The second-order valence-corrected chi connectivity index (χ2v) is 8.42. The van der Waals surface area contributed by atoms with Gasteiger partial charge in [-0.3, -0.25) is 4.79 Å². The highest BCUT2D eigenvalue weighted by Crippen LogP contribution is 2.42.